The fourth-order valence-corrected chi connectivity index (χ4v) is 5.96. The van der Waals surface area contributed by atoms with Gasteiger partial charge in [-0.05, 0) is 67.6 Å². The van der Waals surface area contributed by atoms with Gasteiger partial charge in [-0.25, -0.2) is 12.8 Å². The van der Waals surface area contributed by atoms with E-state index in [1.54, 1.807) is 31.2 Å². The average molecular weight is 496 g/mol. The topological polar surface area (TPSA) is 95.6 Å². The van der Waals surface area contributed by atoms with Gasteiger partial charge >= 0.3 is 11.8 Å². The summed E-state index contributed by atoms with van der Waals surface area (Å²) in [6.45, 7) is 2.28. The van der Waals surface area contributed by atoms with E-state index in [0.29, 0.717) is 30.0 Å². The molecular weight excluding hydrogens is 469 g/mol. The lowest BCUT2D eigenvalue weighted by molar-refractivity contribution is -0.139. The molecule has 10 heteroatoms. The first-order valence-corrected chi connectivity index (χ1v) is 12.6. The van der Waals surface area contributed by atoms with Crippen molar-refractivity contribution < 1.29 is 22.4 Å². The summed E-state index contributed by atoms with van der Waals surface area (Å²) in [4.78, 5) is 24.3. The highest BCUT2D eigenvalue weighted by atomic mass is 35.5. The highest BCUT2D eigenvalue weighted by Gasteiger charge is 2.34. The van der Waals surface area contributed by atoms with Crippen molar-refractivity contribution in [2.75, 3.05) is 13.1 Å². The smallest absolute Gasteiger partial charge is 0.309 e. The summed E-state index contributed by atoms with van der Waals surface area (Å²) in [7, 11) is -3.80. The number of rotatable bonds is 7. The lowest BCUT2D eigenvalue weighted by Crippen LogP contribution is -2.46. The standard InChI is InChI=1S/C23H27ClFN3O4S/c1-16-14-19(25)9-10-21(16)33(31,32)28-13-3-2-4-20(28)11-12-26-22(29)23(30)27-15-17-5-7-18(24)8-6-17/h5-10,14,20H,2-4,11-13,15H2,1H3,(H,26,29)(H,27,30)/t20-/m0/s1. The third kappa shape index (κ3) is 6.52. The summed E-state index contributed by atoms with van der Waals surface area (Å²) in [5, 5.41) is 5.68. The summed E-state index contributed by atoms with van der Waals surface area (Å²) < 4.78 is 41.3. The van der Waals surface area contributed by atoms with Gasteiger partial charge in [0.1, 0.15) is 5.82 Å². The van der Waals surface area contributed by atoms with E-state index in [1.165, 1.54) is 16.4 Å². The number of piperidine rings is 1. The lowest BCUT2D eigenvalue weighted by atomic mass is 10.0. The molecule has 1 fully saturated rings. The molecule has 3 rings (SSSR count). The van der Waals surface area contributed by atoms with Crippen LogP contribution in [0, 0.1) is 12.7 Å². The molecule has 2 N–H and O–H groups in total. The lowest BCUT2D eigenvalue weighted by Gasteiger charge is -2.35. The first-order valence-electron chi connectivity index (χ1n) is 10.8. The monoisotopic (exact) mass is 495 g/mol. The van der Waals surface area contributed by atoms with Crippen LogP contribution in [0.15, 0.2) is 47.4 Å². The van der Waals surface area contributed by atoms with Gasteiger partial charge in [0.15, 0.2) is 0 Å². The van der Waals surface area contributed by atoms with E-state index in [0.717, 1.165) is 24.5 Å². The van der Waals surface area contributed by atoms with Crippen molar-refractivity contribution in [3.05, 3.63) is 64.4 Å². The Balaban J connectivity index is 1.55. The quantitative estimate of drug-likeness (QED) is 0.577. The summed E-state index contributed by atoms with van der Waals surface area (Å²) >= 11 is 5.83. The Hall–Kier alpha value is -2.49. The highest BCUT2D eigenvalue weighted by molar-refractivity contribution is 7.89. The van der Waals surface area contributed by atoms with Crippen LogP contribution in [-0.2, 0) is 26.2 Å². The van der Waals surface area contributed by atoms with Crippen molar-refractivity contribution in [3.63, 3.8) is 0 Å². The number of nitrogens with one attached hydrogen (secondary N) is 2. The molecule has 2 aromatic rings. The minimum absolute atomic E-state index is 0.0846. The Bertz CT molecular complexity index is 1110. The molecule has 2 aromatic carbocycles. The highest BCUT2D eigenvalue weighted by Crippen LogP contribution is 2.28. The Morgan fingerprint density at radius 1 is 1.09 bits per heavy atom. The van der Waals surface area contributed by atoms with Crippen LogP contribution >= 0.6 is 11.6 Å². The second-order valence-corrected chi connectivity index (χ2v) is 10.3. The van der Waals surface area contributed by atoms with E-state index in [4.69, 9.17) is 11.6 Å². The number of carbonyl (C=O) groups excluding carboxylic acids is 2. The van der Waals surface area contributed by atoms with Gasteiger partial charge in [0.2, 0.25) is 10.0 Å². The second-order valence-electron chi connectivity index (χ2n) is 8.03. The Morgan fingerprint density at radius 2 is 1.79 bits per heavy atom. The maximum atomic E-state index is 13.4. The van der Waals surface area contributed by atoms with Crippen LogP contribution in [-0.4, -0.2) is 43.7 Å². The Labute approximate surface area is 198 Å². The van der Waals surface area contributed by atoms with Crippen molar-refractivity contribution >= 4 is 33.4 Å². The second kappa shape index (κ2) is 11.1. The fraction of sp³-hybridized carbons (Fsp3) is 0.391. The molecule has 0 spiro atoms. The van der Waals surface area contributed by atoms with Crippen molar-refractivity contribution in [2.24, 2.45) is 0 Å². The molecule has 0 radical (unpaired) electrons. The molecule has 0 saturated carbocycles. The Morgan fingerprint density at radius 3 is 2.48 bits per heavy atom. The molecule has 0 bridgehead atoms. The van der Waals surface area contributed by atoms with E-state index < -0.39 is 27.7 Å². The van der Waals surface area contributed by atoms with Crippen molar-refractivity contribution in [2.45, 2.75) is 50.1 Å². The summed E-state index contributed by atoms with van der Waals surface area (Å²) in [5.41, 5.74) is 1.16. The number of hydrogen-bond donors (Lipinski definition) is 2. The number of benzene rings is 2. The zero-order chi connectivity index (χ0) is 24.0. The number of halogens is 2. The summed E-state index contributed by atoms with van der Waals surface area (Å²) in [5.74, 6) is -2.03. The molecule has 1 saturated heterocycles. The van der Waals surface area contributed by atoms with E-state index in [2.05, 4.69) is 10.6 Å². The molecule has 178 valence electrons. The van der Waals surface area contributed by atoms with Crippen LogP contribution in [0.5, 0.6) is 0 Å². The largest absolute Gasteiger partial charge is 0.348 e. The molecule has 1 aliphatic heterocycles. The van der Waals surface area contributed by atoms with Crippen LogP contribution in [0.3, 0.4) is 0 Å². The molecule has 0 aliphatic carbocycles. The molecule has 7 nitrogen and oxygen atoms in total. The van der Waals surface area contributed by atoms with Crippen LogP contribution in [0.2, 0.25) is 5.02 Å². The summed E-state index contributed by atoms with van der Waals surface area (Å²) in [6, 6.07) is 10.2. The van der Waals surface area contributed by atoms with E-state index in [1.807, 2.05) is 0 Å². The first-order chi connectivity index (χ1) is 15.7. The van der Waals surface area contributed by atoms with Crippen LogP contribution in [0.1, 0.15) is 36.8 Å². The van der Waals surface area contributed by atoms with Gasteiger partial charge in [-0.15, -0.1) is 0 Å². The molecule has 0 aromatic heterocycles. The van der Waals surface area contributed by atoms with Gasteiger partial charge in [-0.3, -0.25) is 9.59 Å². The van der Waals surface area contributed by atoms with Crippen molar-refractivity contribution in [3.8, 4) is 0 Å². The fourth-order valence-electron chi connectivity index (χ4n) is 3.90. The van der Waals surface area contributed by atoms with Gasteiger partial charge in [-0.1, -0.05) is 30.2 Å². The number of nitrogens with zero attached hydrogens (tertiary/aromatic N) is 1. The zero-order valence-corrected chi connectivity index (χ0v) is 19.9. The normalized spacial score (nSPS) is 16.9. The van der Waals surface area contributed by atoms with E-state index in [-0.39, 0.29) is 24.0 Å². The zero-order valence-electron chi connectivity index (χ0n) is 18.3. The molecule has 1 heterocycles. The first kappa shape index (κ1) is 25.1. The number of aryl methyl sites for hydroxylation is 1. The predicted molar refractivity (Wildman–Crippen MR) is 124 cm³/mol. The average Bonchev–Trinajstić information content (AvgIpc) is 2.78. The van der Waals surface area contributed by atoms with Gasteiger partial charge in [0.25, 0.3) is 0 Å². The van der Waals surface area contributed by atoms with Crippen molar-refractivity contribution in [1.82, 2.24) is 14.9 Å². The van der Waals surface area contributed by atoms with E-state index >= 15 is 0 Å². The molecule has 2 amide bonds. The van der Waals surface area contributed by atoms with E-state index in [9.17, 15) is 22.4 Å². The summed E-state index contributed by atoms with van der Waals surface area (Å²) in [6.07, 6.45) is 2.62. The minimum atomic E-state index is -3.80. The maximum Gasteiger partial charge on any atom is 0.309 e. The molecule has 1 atom stereocenters. The van der Waals surface area contributed by atoms with Gasteiger partial charge in [0, 0.05) is 30.7 Å². The Kier molecular flexibility index (Phi) is 8.45. The molecule has 33 heavy (non-hydrogen) atoms. The number of sulfonamides is 1. The predicted octanol–water partition coefficient (Wildman–Crippen LogP) is 3.15. The number of hydrogen-bond acceptors (Lipinski definition) is 4. The van der Waals surface area contributed by atoms with Gasteiger partial charge in [-0.2, -0.15) is 4.31 Å². The van der Waals surface area contributed by atoms with Crippen molar-refractivity contribution in [1.29, 1.82) is 0 Å². The SMILES string of the molecule is Cc1cc(F)ccc1S(=O)(=O)N1CCCC[C@H]1CCNC(=O)C(=O)NCc1ccc(Cl)cc1. The molecule has 1 aliphatic rings. The van der Waals surface area contributed by atoms with Gasteiger partial charge in [0.05, 0.1) is 4.90 Å². The number of carbonyl (C=O) groups is 2. The third-order valence-electron chi connectivity index (χ3n) is 5.63. The minimum Gasteiger partial charge on any atom is -0.348 e. The van der Waals surface area contributed by atoms with Crippen LogP contribution < -0.4 is 10.6 Å². The van der Waals surface area contributed by atoms with Gasteiger partial charge < -0.3 is 10.6 Å². The van der Waals surface area contributed by atoms with Crippen LogP contribution in [0.25, 0.3) is 0 Å². The molecule has 0 unspecified atom stereocenters. The maximum absolute atomic E-state index is 13.4. The third-order valence-corrected chi connectivity index (χ3v) is 8.00. The van der Waals surface area contributed by atoms with Crippen LogP contribution in [0.4, 0.5) is 4.39 Å². The molecular formula is C23H27ClFN3O4S. The number of amides is 2.